The Hall–Kier alpha value is -1.77. The van der Waals surface area contributed by atoms with Crippen molar-refractivity contribution >= 4 is 16.9 Å². The van der Waals surface area contributed by atoms with Crippen LogP contribution in [-0.2, 0) is 6.54 Å². The molecule has 0 saturated heterocycles. The van der Waals surface area contributed by atoms with E-state index >= 15 is 0 Å². The van der Waals surface area contributed by atoms with Crippen LogP contribution in [0.2, 0.25) is 0 Å². The first kappa shape index (κ1) is 14.6. The molecule has 0 bridgehead atoms. The highest BCUT2D eigenvalue weighted by Gasteiger charge is 2.10. The van der Waals surface area contributed by atoms with E-state index in [1.165, 1.54) is 32.1 Å². The summed E-state index contributed by atoms with van der Waals surface area (Å²) in [6.45, 7) is 3.20. The van der Waals surface area contributed by atoms with Crippen molar-refractivity contribution in [3.8, 4) is 0 Å². The van der Waals surface area contributed by atoms with Crippen LogP contribution in [0.3, 0.4) is 0 Å². The number of rotatable bonds is 8. The summed E-state index contributed by atoms with van der Waals surface area (Å²) in [6, 6.07) is 7.40. The molecule has 108 valence electrons. The van der Waals surface area contributed by atoms with Crippen LogP contribution in [-0.4, -0.2) is 15.6 Å². The van der Waals surface area contributed by atoms with E-state index in [0.29, 0.717) is 5.56 Å². The average Bonchev–Trinajstić information content (AvgIpc) is 2.85. The maximum absolute atomic E-state index is 11.2. The predicted molar refractivity (Wildman–Crippen MR) is 82.3 cm³/mol. The number of fused-ring (bicyclic) bond motifs is 1. The fraction of sp³-hybridized carbons (Fsp3) is 0.471. The Balaban J connectivity index is 1.98. The first-order chi connectivity index (χ1) is 9.74. The minimum absolute atomic E-state index is 0.393. The third-order valence-corrected chi connectivity index (χ3v) is 3.80. The van der Waals surface area contributed by atoms with Gasteiger partial charge in [-0.2, -0.15) is 0 Å². The molecule has 0 saturated carbocycles. The van der Waals surface area contributed by atoms with Crippen LogP contribution in [0.15, 0.2) is 30.5 Å². The van der Waals surface area contributed by atoms with Gasteiger partial charge in [0.1, 0.15) is 0 Å². The number of carboxylic acid groups (broad SMARTS) is 1. The zero-order valence-electron chi connectivity index (χ0n) is 12.1. The molecule has 1 aromatic heterocycles. The van der Waals surface area contributed by atoms with Crippen LogP contribution in [0.25, 0.3) is 10.9 Å². The molecule has 0 fully saturated rings. The second-order valence-electron chi connectivity index (χ2n) is 5.32. The van der Waals surface area contributed by atoms with Gasteiger partial charge < -0.3 is 9.67 Å². The monoisotopic (exact) mass is 273 g/mol. The molecule has 0 amide bonds. The number of aromatic carboxylic acids is 1. The molecule has 0 atom stereocenters. The third-order valence-electron chi connectivity index (χ3n) is 3.80. The maximum Gasteiger partial charge on any atom is 0.336 e. The molecule has 1 aromatic carbocycles. The molecule has 0 spiro atoms. The summed E-state index contributed by atoms with van der Waals surface area (Å²) in [6.07, 6.45) is 9.64. The van der Waals surface area contributed by atoms with Crippen molar-refractivity contribution in [1.82, 2.24) is 4.57 Å². The zero-order chi connectivity index (χ0) is 14.4. The molecule has 1 N–H and O–H groups in total. The fourth-order valence-corrected chi connectivity index (χ4v) is 2.67. The molecule has 1 heterocycles. The van der Waals surface area contributed by atoms with Crippen LogP contribution >= 0.6 is 0 Å². The summed E-state index contributed by atoms with van der Waals surface area (Å²) < 4.78 is 2.17. The van der Waals surface area contributed by atoms with E-state index in [0.717, 1.165) is 23.9 Å². The first-order valence-electron chi connectivity index (χ1n) is 7.55. The van der Waals surface area contributed by atoms with Crippen molar-refractivity contribution in [2.45, 2.75) is 52.0 Å². The van der Waals surface area contributed by atoms with Gasteiger partial charge in [-0.1, -0.05) is 45.1 Å². The molecule has 20 heavy (non-hydrogen) atoms. The SMILES string of the molecule is CCCCCCCCn1ccc2c(C(=O)O)cccc21. The van der Waals surface area contributed by atoms with Crippen LogP contribution < -0.4 is 0 Å². The van der Waals surface area contributed by atoms with Crippen molar-refractivity contribution in [2.75, 3.05) is 0 Å². The van der Waals surface area contributed by atoms with Gasteiger partial charge in [0.05, 0.1) is 5.56 Å². The van der Waals surface area contributed by atoms with Gasteiger partial charge in [-0.25, -0.2) is 4.79 Å². The smallest absolute Gasteiger partial charge is 0.336 e. The van der Waals surface area contributed by atoms with Crippen molar-refractivity contribution in [1.29, 1.82) is 0 Å². The van der Waals surface area contributed by atoms with Gasteiger partial charge in [-0.15, -0.1) is 0 Å². The van der Waals surface area contributed by atoms with Crippen LogP contribution in [0.1, 0.15) is 55.8 Å². The van der Waals surface area contributed by atoms with E-state index in [-0.39, 0.29) is 0 Å². The van der Waals surface area contributed by atoms with Gasteiger partial charge in [0.15, 0.2) is 0 Å². The number of carbonyl (C=O) groups is 1. The highest BCUT2D eigenvalue weighted by molar-refractivity contribution is 6.02. The largest absolute Gasteiger partial charge is 0.478 e. The van der Waals surface area contributed by atoms with E-state index in [4.69, 9.17) is 0 Å². The normalized spacial score (nSPS) is 11.1. The quantitative estimate of drug-likeness (QED) is 0.708. The van der Waals surface area contributed by atoms with Gasteiger partial charge in [-0.05, 0) is 24.6 Å². The third kappa shape index (κ3) is 3.41. The number of hydrogen-bond acceptors (Lipinski definition) is 1. The molecule has 0 aliphatic heterocycles. The molecule has 0 radical (unpaired) electrons. The molecular weight excluding hydrogens is 250 g/mol. The van der Waals surface area contributed by atoms with Crippen LogP contribution in [0.4, 0.5) is 0 Å². The maximum atomic E-state index is 11.2. The Labute approximate surface area is 120 Å². The van der Waals surface area contributed by atoms with Gasteiger partial charge in [0.2, 0.25) is 0 Å². The van der Waals surface area contributed by atoms with E-state index in [2.05, 4.69) is 11.5 Å². The van der Waals surface area contributed by atoms with E-state index in [1.807, 2.05) is 24.4 Å². The number of nitrogens with zero attached hydrogens (tertiary/aromatic N) is 1. The van der Waals surface area contributed by atoms with Crippen molar-refractivity contribution < 1.29 is 9.90 Å². The predicted octanol–water partition coefficient (Wildman–Crippen LogP) is 4.70. The van der Waals surface area contributed by atoms with Crippen LogP contribution in [0.5, 0.6) is 0 Å². The fourth-order valence-electron chi connectivity index (χ4n) is 2.67. The second kappa shape index (κ2) is 7.13. The minimum atomic E-state index is -0.854. The highest BCUT2D eigenvalue weighted by atomic mass is 16.4. The Morgan fingerprint density at radius 3 is 2.60 bits per heavy atom. The molecule has 0 aliphatic rings. The molecule has 3 nitrogen and oxygen atoms in total. The topological polar surface area (TPSA) is 42.2 Å². The number of aryl methyl sites for hydroxylation is 1. The summed E-state index contributed by atoms with van der Waals surface area (Å²) in [5.41, 5.74) is 1.42. The molecule has 2 aromatic rings. The molecule has 0 unspecified atom stereocenters. The summed E-state index contributed by atoms with van der Waals surface area (Å²) in [7, 11) is 0. The van der Waals surface area contributed by atoms with Gasteiger partial charge in [-0.3, -0.25) is 0 Å². The summed E-state index contributed by atoms with van der Waals surface area (Å²) in [5, 5.41) is 10.0. The lowest BCUT2D eigenvalue weighted by Crippen LogP contribution is -1.99. The number of aromatic nitrogens is 1. The van der Waals surface area contributed by atoms with E-state index < -0.39 is 5.97 Å². The van der Waals surface area contributed by atoms with Crippen LogP contribution in [0, 0.1) is 0 Å². The van der Waals surface area contributed by atoms with Crippen molar-refractivity contribution in [3.05, 3.63) is 36.0 Å². The van der Waals surface area contributed by atoms with Gasteiger partial charge >= 0.3 is 5.97 Å². The zero-order valence-corrected chi connectivity index (χ0v) is 12.1. The standard InChI is InChI=1S/C17H23NO2/c1-2-3-4-5-6-7-12-18-13-11-14-15(17(19)20)9-8-10-16(14)18/h8-11,13H,2-7,12H2,1H3,(H,19,20). The van der Waals surface area contributed by atoms with E-state index in [9.17, 15) is 9.90 Å². The summed E-state index contributed by atoms with van der Waals surface area (Å²) >= 11 is 0. The highest BCUT2D eigenvalue weighted by Crippen LogP contribution is 2.21. The molecule has 3 heteroatoms. The number of carboxylic acids is 1. The van der Waals surface area contributed by atoms with Crippen molar-refractivity contribution in [3.63, 3.8) is 0 Å². The van der Waals surface area contributed by atoms with Gasteiger partial charge in [0, 0.05) is 23.6 Å². The lowest BCUT2D eigenvalue weighted by molar-refractivity contribution is 0.0699. The Morgan fingerprint density at radius 2 is 1.85 bits per heavy atom. The number of benzene rings is 1. The lowest BCUT2D eigenvalue weighted by Gasteiger charge is -2.06. The van der Waals surface area contributed by atoms with E-state index in [1.54, 1.807) is 6.07 Å². The first-order valence-corrected chi connectivity index (χ1v) is 7.55. The number of hydrogen-bond donors (Lipinski definition) is 1. The summed E-state index contributed by atoms with van der Waals surface area (Å²) in [4.78, 5) is 11.2. The van der Waals surface area contributed by atoms with Gasteiger partial charge in [0.25, 0.3) is 0 Å². The average molecular weight is 273 g/mol. The molecule has 0 aliphatic carbocycles. The lowest BCUT2D eigenvalue weighted by atomic mass is 10.1. The molecule has 2 rings (SSSR count). The second-order valence-corrected chi connectivity index (χ2v) is 5.32. The Bertz CT molecular complexity index is 571. The summed E-state index contributed by atoms with van der Waals surface area (Å²) in [5.74, 6) is -0.854. The Kier molecular flexibility index (Phi) is 5.22. The molecular formula is C17H23NO2. The minimum Gasteiger partial charge on any atom is -0.478 e. The van der Waals surface area contributed by atoms with Crippen molar-refractivity contribution in [2.24, 2.45) is 0 Å². The number of unbranched alkanes of at least 4 members (excludes halogenated alkanes) is 5. The Morgan fingerprint density at radius 1 is 1.10 bits per heavy atom.